The van der Waals surface area contributed by atoms with Crippen molar-refractivity contribution < 1.29 is 19.1 Å². The summed E-state index contributed by atoms with van der Waals surface area (Å²) in [4.78, 5) is 36.6. The van der Waals surface area contributed by atoms with Crippen LogP contribution in [-0.2, 0) is 14.3 Å². The van der Waals surface area contributed by atoms with Gasteiger partial charge in [0.05, 0.1) is 25.6 Å². The molecule has 2 aromatic rings. The van der Waals surface area contributed by atoms with Gasteiger partial charge < -0.3 is 26.4 Å². The van der Waals surface area contributed by atoms with Gasteiger partial charge in [-0.05, 0) is 42.9 Å². The van der Waals surface area contributed by atoms with Gasteiger partial charge in [0.2, 0.25) is 5.91 Å². The number of amides is 2. The van der Waals surface area contributed by atoms with Crippen molar-refractivity contribution >= 4 is 40.8 Å². The van der Waals surface area contributed by atoms with Crippen LogP contribution in [0.25, 0.3) is 0 Å². The minimum Gasteiger partial charge on any atom is -0.466 e. The third kappa shape index (κ3) is 7.51. The fourth-order valence-corrected chi connectivity index (χ4v) is 2.83. The van der Waals surface area contributed by atoms with Gasteiger partial charge in [-0.15, -0.1) is 0 Å². The van der Waals surface area contributed by atoms with E-state index in [9.17, 15) is 14.4 Å². The number of carbonyl (C=O) groups excluding carboxylic acids is 3. The van der Waals surface area contributed by atoms with Gasteiger partial charge in [0.25, 0.3) is 5.91 Å². The number of ether oxygens (including phenoxy) is 1. The number of nitrogens with one attached hydrogen (secondary N) is 3. The zero-order valence-electron chi connectivity index (χ0n) is 16.5. The van der Waals surface area contributed by atoms with Crippen LogP contribution in [0.15, 0.2) is 54.6 Å². The molecule has 9 heteroatoms. The van der Waals surface area contributed by atoms with Crippen molar-refractivity contribution in [3.8, 4) is 0 Å². The lowest BCUT2D eigenvalue weighted by Crippen LogP contribution is -2.39. The maximum Gasteiger partial charge on any atom is 0.308 e. The van der Waals surface area contributed by atoms with Gasteiger partial charge >= 0.3 is 5.97 Å². The Morgan fingerprint density at radius 1 is 1.10 bits per heavy atom. The molecule has 0 bridgehead atoms. The van der Waals surface area contributed by atoms with E-state index >= 15 is 0 Å². The van der Waals surface area contributed by atoms with Crippen LogP contribution in [0.5, 0.6) is 0 Å². The molecule has 8 nitrogen and oxygen atoms in total. The summed E-state index contributed by atoms with van der Waals surface area (Å²) in [5.74, 6) is -1.28. The second-order valence-electron chi connectivity index (χ2n) is 6.29. The van der Waals surface area contributed by atoms with Crippen molar-refractivity contribution in [1.82, 2.24) is 10.6 Å². The van der Waals surface area contributed by atoms with Gasteiger partial charge in [-0.3, -0.25) is 14.4 Å². The van der Waals surface area contributed by atoms with Crippen molar-refractivity contribution in [3.63, 3.8) is 0 Å². The predicted octanol–water partition coefficient (Wildman–Crippen LogP) is 1.88. The van der Waals surface area contributed by atoms with Gasteiger partial charge in [-0.25, -0.2) is 0 Å². The van der Waals surface area contributed by atoms with E-state index in [0.29, 0.717) is 11.3 Å². The molecule has 0 aromatic heterocycles. The Hall–Kier alpha value is -3.46. The highest BCUT2D eigenvalue weighted by atomic mass is 32.1. The Balaban J connectivity index is 1.97. The van der Waals surface area contributed by atoms with Crippen LogP contribution in [0, 0.1) is 0 Å². The lowest BCUT2D eigenvalue weighted by atomic mass is 10.0. The first-order valence-corrected chi connectivity index (χ1v) is 9.74. The average Bonchev–Trinajstić information content (AvgIpc) is 2.72. The topological polar surface area (TPSA) is 123 Å². The molecule has 1 atom stereocenters. The van der Waals surface area contributed by atoms with E-state index in [-0.39, 0.29) is 24.7 Å². The van der Waals surface area contributed by atoms with E-state index in [4.69, 9.17) is 22.7 Å². The van der Waals surface area contributed by atoms with Gasteiger partial charge in [0.1, 0.15) is 0 Å². The third-order valence-corrected chi connectivity index (χ3v) is 4.12. The molecule has 0 aliphatic heterocycles. The van der Waals surface area contributed by atoms with Crippen LogP contribution >= 0.6 is 12.2 Å². The molecule has 158 valence electrons. The highest BCUT2D eigenvalue weighted by Gasteiger charge is 2.19. The second kappa shape index (κ2) is 11.5. The molecular weight excluding hydrogens is 404 g/mol. The second-order valence-corrected chi connectivity index (χ2v) is 6.73. The first-order valence-electron chi connectivity index (χ1n) is 9.33. The molecule has 0 radical (unpaired) electrons. The Kier molecular flexibility index (Phi) is 8.76. The fraction of sp³-hybridized carbons (Fsp3) is 0.238. The molecule has 0 spiro atoms. The van der Waals surface area contributed by atoms with Crippen LogP contribution in [0.2, 0.25) is 0 Å². The lowest BCUT2D eigenvalue weighted by Gasteiger charge is -2.19. The summed E-state index contributed by atoms with van der Waals surface area (Å²) < 4.78 is 4.99. The summed E-state index contributed by atoms with van der Waals surface area (Å²) in [6, 6.07) is 15.1. The van der Waals surface area contributed by atoms with E-state index in [1.807, 2.05) is 30.3 Å². The largest absolute Gasteiger partial charge is 0.466 e. The lowest BCUT2D eigenvalue weighted by molar-refractivity contribution is -0.143. The number of carbonyl (C=O) groups is 3. The molecular formula is C21H24N4O4S. The molecule has 0 aliphatic carbocycles. The number of hydrogen-bond donors (Lipinski definition) is 4. The standard InChI is InChI=1S/C21H24N4O4S/c1-2-29-19(27)12-17(14-7-4-3-5-8-14)25-18(26)13-23-20(28)15-9-6-10-16(11-15)24-21(22)30/h3-11,17H,2,12-13H2,1H3,(H,23,28)(H,25,26)(H3,22,24,30). The van der Waals surface area contributed by atoms with Crippen LogP contribution in [0.4, 0.5) is 5.69 Å². The molecule has 5 N–H and O–H groups in total. The Morgan fingerprint density at radius 3 is 2.50 bits per heavy atom. The van der Waals surface area contributed by atoms with Crippen molar-refractivity contribution in [3.05, 3.63) is 65.7 Å². The van der Waals surface area contributed by atoms with Gasteiger partial charge in [-0.2, -0.15) is 0 Å². The minimum absolute atomic E-state index is 0.00967. The molecule has 0 saturated carbocycles. The molecule has 0 saturated heterocycles. The Labute approximate surface area is 180 Å². The summed E-state index contributed by atoms with van der Waals surface area (Å²) in [7, 11) is 0. The maximum absolute atomic E-state index is 12.4. The quantitative estimate of drug-likeness (QED) is 0.355. The zero-order chi connectivity index (χ0) is 21.9. The number of hydrogen-bond acceptors (Lipinski definition) is 5. The molecule has 2 aromatic carbocycles. The van der Waals surface area contributed by atoms with E-state index in [0.717, 1.165) is 5.56 Å². The minimum atomic E-state index is -0.562. The van der Waals surface area contributed by atoms with Crippen LogP contribution in [0.1, 0.15) is 35.3 Å². The van der Waals surface area contributed by atoms with E-state index in [1.165, 1.54) is 0 Å². The SMILES string of the molecule is CCOC(=O)CC(NC(=O)CNC(=O)c1cccc(NC(N)=S)c1)c1ccccc1. The summed E-state index contributed by atoms with van der Waals surface area (Å²) in [6.45, 7) is 1.72. The normalized spacial score (nSPS) is 11.1. The summed E-state index contributed by atoms with van der Waals surface area (Å²) in [5, 5.41) is 8.15. The highest BCUT2D eigenvalue weighted by molar-refractivity contribution is 7.80. The Morgan fingerprint density at radius 2 is 1.83 bits per heavy atom. The maximum atomic E-state index is 12.4. The van der Waals surface area contributed by atoms with Crippen molar-refractivity contribution in [2.75, 3.05) is 18.5 Å². The number of rotatable bonds is 9. The summed E-state index contributed by atoms with van der Waals surface area (Å²) >= 11 is 4.78. The number of benzene rings is 2. The first-order chi connectivity index (χ1) is 14.4. The molecule has 2 rings (SSSR count). The summed E-state index contributed by atoms with van der Waals surface area (Å²) in [6.07, 6.45) is -0.00967. The molecule has 0 heterocycles. The van der Waals surface area contributed by atoms with E-state index < -0.39 is 23.8 Å². The van der Waals surface area contributed by atoms with Crippen LogP contribution in [0.3, 0.4) is 0 Å². The smallest absolute Gasteiger partial charge is 0.308 e. The molecule has 1 unspecified atom stereocenters. The average molecular weight is 429 g/mol. The first kappa shape index (κ1) is 22.8. The number of nitrogens with two attached hydrogens (primary N) is 1. The van der Waals surface area contributed by atoms with Gasteiger partial charge in [-0.1, -0.05) is 36.4 Å². The third-order valence-electron chi connectivity index (χ3n) is 4.02. The molecule has 2 amide bonds. The number of anilines is 1. The van der Waals surface area contributed by atoms with Gasteiger partial charge in [0, 0.05) is 11.3 Å². The fourth-order valence-electron chi connectivity index (χ4n) is 2.71. The van der Waals surface area contributed by atoms with Crippen molar-refractivity contribution in [2.45, 2.75) is 19.4 Å². The highest BCUT2D eigenvalue weighted by Crippen LogP contribution is 2.17. The zero-order valence-corrected chi connectivity index (χ0v) is 17.3. The van der Waals surface area contributed by atoms with E-state index in [1.54, 1.807) is 31.2 Å². The van der Waals surface area contributed by atoms with Gasteiger partial charge in [0.15, 0.2) is 5.11 Å². The van der Waals surface area contributed by atoms with Crippen LogP contribution < -0.4 is 21.7 Å². The predicted molar refractivity (Wildman–Crippen MR) is 118 cm³/mol. The summed E-state index contributed by atoms with van der Waals surface area (Å²) in [5.41, 5.74) is 7.11. The van der Waals surface area contributed by atoms with Crippen LogP contribution in [-0.4, -0.2) is 36.0 Å². The monoisotopic (exact) mass is 428 g/mol. The number of esters is 1. The Bertz CT molecular complexity index is 905. The molecule has 0 fully saturated rings. The molecule has 30 heavy (non-hydrogen) atoms. The number of thiocarbonyl (C=S) groups is 1. The van der Waals surface area contributed by atoms with Crippen molar-refractivity contribution in [2.24, 2.45) is 5.73 Å². The molecule has 0 aliphatic rings. The van der Waals surface area contributed by atoms with Crippen molar-refractivity contribution in [1.29, 1.82) is 0 Å². The van der Waals surface area contributed by atoms with E-state index in [2.05, 4.69) is 16.0 Å².